The van der Waals surface area contributed by atoms with Crippen molar-refractivity contribution in [3.8, 4) is 5.75 Å². The van der Waals surface area contributed by atoms with Crippen LogP contribution in [0, 0.1) is 6.92 Å². The Morgan fingerprint density at radius 1 is 1.07 bits per heavy atom. The Morgan fingerprint density at radius 2 is 1.77 bits per heavy atom. The number of aryl methyl sites for hydroxylation is 1. The Bertz CT molecular complexity index is 868. The van der Waals surface area contributed by atoms with E-state index in [1.165, 1.54) is 0 Å². The molecule has 0 aliphatic carbocycles. The summed E-state index contributed by atoms with van der Waals surface area (Å²) in [5.74, 6) is 1.82. The van der Waals surface area contributed by atoms with E-state index < -0.39 is 0 Å². The average Bonchev–Trinajstić information content (AvgIpc) is 3.20. The normalized spacial score (nSPS) is 17.8. The molecule has 2 aromatic rings. The number of oxazole rings is 1. The number of likely N-dealkylation sites (tertiary alicyclic amines) is 1. The molecule has 0 spiro atoms. The number of aromatic nitrogens is 1. The van der Waals surface area contributed by atoms with Crippen molar-refractivity contribution in [2.75, 3.05) is 46.0 Å². The Morgan fingerprint density at radius 3 is 2.47 bits per heavy atom. The van der Waals surface area contributed by atoms with Crippen LogP contribution >= 0.6 is 0 Å². The lowest BCUT2D eigenvalue weighted by atomic mass is 9.97. The number of ether oxygens (including phenoxy) is 2. The van der Waals surface area contributed by atoms with Gasteiger partial charge in [0.05, 0.1) is 13.2 Å². The summed E-state index contributed by atoms with van der Waals surface area (Å²) in [5.41, 5.74) is 0.390. The molecule has 0 bridgehead atoms. The van der Waals surface area contributed by atoms with Crippen LogP contribution in [0.1, 0.15) is 40.9 Å². The SMILES string of the molecule is Cc1oc(C2CCN(C(=O)COc3ccccc3)CC2)nc1C(=O)N1CCOCC1. The van der Waals surface area contributed by atoms with Crippen molar-refractivity contribution < 1.29 is 23.5 Å². The number of amides is 2. The van der Waals surface area contributed by atoms with Gasteiger partial charge in [-0.25, -0.2) is 4.98 Å². The van der Waals surface area contributed by atoms with Crippen LogP contribution < -0.4 is 4.74 Å². The van der Waals surface area contributed by atoms with Gasteiger partial charge in [-0.3, -0.25) is 9.59 Å². The van der Waals surface area contributed by atoms with Gasteiger partial charge >= 0.3 is 0 Å². The van der Waals surface area contributed by atoms with Crippen molar-refractivity contribution in [3.05, 3.63) is 47.7 Å². The molecule has 1 aromatic heterocycles. The Kier molecular flexibility index (Phi) is 6.32. The fraction of sp³-hybridized carbons (Fsp3) is 0.500. The second-order valence-corrected chi connectivity index (χ2v) is 7.62. The standard InChI is InChI=1S/C22H27N3O5/c1-16-20(22(27)25-11-13-28-14-12-25)23-21(30-16)17-7-9-24(10-8-17)19(26)15-29-18-5-3-2-4-6-18/h2-6,17H,7-15H2,1H3. The van der Waals surface area contributed by atoms with Gasteiger partial charge in [-0.1, -0.05) is 18.2 Å². The van der Waals surface area contributed by atoms with E-state index in [4.69, 9.17) is 13.9 Å². The second kappa shape index (κ2) is 9.30. The molecule has 160 valence electrons. The highest BCUT2D eigenvalue weighted by atomic mass is 16.5. The molecule has 2 fully saturated rings. The summed E-state index contributed by atoms with van der Waals surface area (Å²) in [7, 11) is 0. The molecule has 4 rings (SSSR count). The van der Waals surface area contributed by atoms with E-state index in [0.29, 0.717) is 62.5 Å². The van der Waals surface area contributed by atoms with Gasteiger partial charge in [0.2, 0.25) is 0 Å². The first-order chi connectivity index (χ1) is 14.6. The Labute approximate surface area is 175 Å². The molecule has 0 N–H and O–H groups in total. The number of hydrogen-bond donors (Lipinski definition) is 0. The average molecular weight is 413 g/mol. The fourth-order valence-corrected chi connectivity index (χ4v) is 3.84. The van der Waals surface area contributed by atoms with Crippen LogP contribution in [-0.4, -0.2) is 72.6 Å². The quantitative estimate of drug-likeness (QED) is 0.747. The maximum atomic E-state index is 12.7. The van der Waals surface area contributed by atoms with Crippen LogP contribution in [-0.2, 0) is 9.53 Å². The van der Waals surface area contributed by atoms with Crippen molar-refractivity contribution in [1.29, 1.82) is 0 Å². The molecule has 0 unspecified atom stereocenters. The van der Waals surface area contributed by atoms with E-state index in [-0.39, 0.29) is 24.3 Å². The number of carbonyl (C=O) groups is 2. The van der Waals surface area contributed by atoms with Crippen LogP contribution in [0.2, 0.25) is 0 Å². The molecule has 0 radical (unpaired) electrons. The molecule has 3 heterocycles. The maximum Gasteiger partial charge on any atom is 0.276 e. The second-order valence-electron chi connectivity index (χ2n) is 7.62. The largest absolute Gasteiger partial charge is 0.484 e. The minimum atomic E-state index is -0.100. The number of piperidine rings is 1. The molecule has 8 nitrogen and oxygen atoms in total. The summed E-state index contributed by atoms with van der Waals surface area (Å²) >= 11 is 0. The smallest absolute Gasteiger partial charge is 0.276 e. The Balaban J connectivity index is 1.30. The van der Waals surface area contributed by atoms with Crippen LogP contribution in [0.5, 0.6) is 5.75 Å². The minimum absolute atomic E-state index is 0.0240. The number of benzene rings is 1. The first kappa shape index (κ1) is 20.4. The highest BCUT2D eigenvalue weighted by Gasteiger charge is 2.30. The molecule has 30 heavy (non-hydrogen) atoms. The van der Waals surface area contributed by atoms with Gasteiger partial charge in [-0.15, -0.1) is 0 Å². The first-order valence-corrected chi connectivity index (χ1v) is 10.4. The van der Waals surface area contributed by atoms with E-state index >= 15 is 0 Å². The summed E-state index contributed by atoms with van der Waals surface area (Å²) in [6, 6.07) is 9.33. The molecule has 0 saturated carbocycles. The van der Waals surface area contributed by atoms with E-state index in [2.05, 4.69) is 4.98 Å². The number of para-hydroxylation sites is 1. The molecule has 1 aromatic carbocycles. The van der Waals surface area contributed by atoms with Crippen LogP contribution in [0.25, 0.3) is 0 Å². The Hall–Kier alpha value is -2.87. The zero-order valence-electron chi connectivity index (χ0n) is 17.2. The van der Waals surface area contributed by atoms with Crippen molar-refractivity contribution in [1.82, 2.24) is 14.8 Å². The molecule has 8 heteroatoms. The van der Waals surface area contributed by atoms with Gasteiger partial charge in [0.25, 0.3) is 11.8 Å². The molecular formula is C22H27N3O5. The van der Waals surface area contributed by atoms with Gasteiger partial charge < -0.3 is 23.7 Å². The van der Waals surface area contributed by atoms with Gasteiger partial charge in [0.15, 0.2) is 18.2 Å². The van der Waals surface area contributed by atoms with Gasteiger partial charge in [-0.2, -0.15) is 0 Å². The van der Waals surface area contributed by atoms with E-state index in [1.807, 2.05) is 35.2 Å². The summed E-state index contributed by atoms with van der Waals surface area (Å²) < 4.78 is 16.7. The maximum absolute atomic E-state index is 12.7. The van der Waals surface area contributed by atoms with Crippen LogP contribution in [0.15, 0.2) is 34.7 Å². The van der Waals surface area contributed by atoms with Crippen LogP contribution in [0.3, 0.4) is 0 Å². The third kappa shape index (κ3) is 4.64. The number of rotatable bonds is 5. The van der Waals surface area contributed by atoms with Crippen LogP contribution in [0.4, 0.5) is 0 Å². The van der Waals surface area contributed by atoms with Crippen molar-refractivity contribution in [2.24, 2.45) is 0 Å². The van der Waals surface area contributed by atoms with Crippen molar-refractivity contribution >= 4 is 11.8 Å². The number of carbonyl (C=O) groups excluding carboxylic acids is 2. The van der Waals surface area contributed by atoms with E-state index in [1.54, 1.807) is 11.8 Å². The monoisotopic (exact) mass is 413 g/mol. The van der Waals surface area contributed by atoms with E-state index in [9.17, 15) is 9.59 Å². The van der Waals surface area contributed by atoms with Crippen molar-refractivity contribution in [3.63, 3.8) is 0 Å². The summed E-state index contributed by atoms with van der Waals surface area (Å²) in [4.78, 5) is 33.3. The zero-order chi connectivity index (χ0) is 20.9. The third-order valence-corrected chi connectivity index (χ3v) is 5.62. The molecule has 2 aliphatic rings. The third-order valence-electron chi connectivity index (χ3n) is 5.62. The van der Waals surface area contributed by atoms with Gasteiger partial charge in [-0.05, 0) is 31.9 Å². The highest BCUT2D eigenvalue weighted by molar-refractivity contribution is 5.93. The first-order valence-electron chi connectivity index (χ1n) is 10.4. The zero-order valence-corrected chi connectivity index (χ0v) is 17.2. The summed E-state index contributed by atoms with van der Waals surface area (Å²) in [6.07, 6.45) is 1.50. The summed E-state index contributed by atoms with van der Waals surface area (Å²) in [5, 5.41) is 0. The van der Waals surface area contributed by atoms with E-state index in [0.717, 1.165) is 12.8 Å². The minimum Gasteiger partial charge on any atom is -0.484 e. The lowest BCUT2D eigenvalue weighted by molar-refractivity contribution is -0.134. The molecule has 0 atom stereocenters. The summed E-state index contributed by atoms with van der Waals surface area (Å²) in [6.45, 7) is 5.31. The number of hydrogen-bond acceptors (Lipinski definition) is 6. The van der Waals surface area contributed by atoms with Gasteiger partial charge in [0.1, 0.15) is 11.5 Å². The lowest BCUT2D eigenvalue weighted by Crippen LogP contribution is -2.41. The highest BCUT2D eigenvalue weighted by Crippen LogP contribution is 2.29. The molecule has 2 aliphatic heterocycles. The van der Waals surface area contributed by atoms with Gasteiger partial charge in [0, 0.05) is 32.1 Å². The van der Waals surface area contributed by atoms with Crippen molar-refractivity contribution in [2.45, 2.75) is 25.7 Å². The predicted octanol–water partition coefficient (Wildman–Crippen LogP) is 2.24. The molecule has 2 saturated heterocycles. The molecular weight excluding hydrogens is 386 g/mol. The number of nitrogens with zero attached hydrogens (tertiary/aromatic N) is 3. The number of morpholine rings is 1. The lowest BCUT2D eigenvalue weighted by Gasteiger charge is -2.30. The topological polar surface area (TPSA) is 85.1 Å². The predicted molar refractivity (Wildman–Crippen MR) is 108 cm³/mol. The molecule has 2 amide bonds. The fourth-order valence-electron chi connectivity index (χ4n) is 3.84.